The van der Waals surface area contributed by atoms with E-state index in [-0.39, 0.29) is 0 Å². The van der Waals surface area contributed by atoms with Crippen LogP contribution in [0, 0.1) is 18.6 Å². The van der Waals surface area contributed by atoms with E-state index in [9.17, 15) is 8.78 Å². The van der Waals surface area contributed by atoms with Gasteiger partial charge in [-0.1, -0.05) is 6.92 Å². The summed E-state index contributed by atoms with van der Waals surface area (Å²) in [5.41, 5.74) is 1.25. The molecule has 0 atom stereocenters. The molecule has 0 aliphatic heterocycles. The molecule has 2 aromatic rings. The lowest BCUT2D eigenvalue weighted by Crippen LogP contribution is -2.07. The molecule has 1 aromatic heterocycles. The van der Waals surface area contributed by atoms with Crippen molar-refractivity contribution in [2.45, 2.75) is 20.3 Å². The fourth-order valence-electron chi connectivity index (χ4n) is 1.60. The van der Waals surface area contributed by atoms with Crippen LogP contribution in [0.25, 0.3) is 0 Å². The van der Waals surface area contributed by atoms with E-state index in [2.05, 4.69) is 20.6 Å². The predicted molar refractivity (Wildman–Crippen MR) is 75.2 cm³/mol. The molecular formula is C14H16F2N4. The summed E-state index contributed by atoms with van der Waals surface area (Å²) < 4.78 is 26.1. The van der Waals surface area contributed by atoms with Gasteiger partial charge >= 0.3 is 0 Å². The van der Waals surface area contributed by atoms with Gasteiger partial charge < -0.3 is 10.6 Å². The van der Waals surface area contributed by atoms with E-state index in [1.54, 1.807) is 6.20 Å². The minimum Gasteiger partial charge on any atom is -0.354 e. The molecule has 0 aliphatic rings. The molecule has 20 heavy (non-hydrogen) atoms. The standard InChI is InChI=1S/C14H16F2N4/c1-3-6-17-14-18-8-9(2)13(20-14)19-10-4-5-11(15)12(16)7-10/h4-5,7-8H,3,6H2,1-2H3,(H2,17,18,19,20). The molecule has 0 saturated carbocycles. The number of benzene rings is 1. The van der Waals surface area contributed by atoms with E-state index in [1.807, 2.05) is 13.8 Å². The Morgan fingerprint density at radius 3 is 2.70 bits per heavy atom. The summed E-state index contributed by atoms with van der Waals surface area (Å²) in [5.74, 6) is -0.710. The van der Waals surface area contributed by atoms with Gasteiger partial charge in [-0.25, -0.2) is 13.8 Å². The summed E-state index contributed by atoms with van der Waals surface area (Å²) in [4.78, 5) is 8.46. The minimum absolute atomic E-state index is 0.437. The first-order valence-corrected chi connectivity index (χ1v) is 6.39. The zero-order chi connectivity index (χ0) is 14.5. The van der Waals surface area contributed by atoms with Crippen LogP contribution in [0.5, 0.6) is 0 Å². The molecule has 0 unspecified atom stereocenters. The smallest absolute Gasteiger partial charge is 0.224 e. The van der Waals surface area contributed by atoms with Crippen LogP contribution in [0.4, 0.5) is 26.2 Å². The Hall–Kier alpha value is -2.24. The second-order valence-corrected chi connectivity index (χ2v) is 4.41. The van der Waals surface area contributed by atoms with Crippen molar-refractivity contribution in [2.24, 2.45) is 0 Å². The lowest BCUT2D eigenvalue weighted by atomic mass is 10.2. The Balaban J connectivity index is 2.20. The van der Waals surface area contributed by atoms with Crippen molar-refractivity contribution in [3.8, 4) is 0 Å². The molecule has 106 valence electrons. The molecule has 2 N–H and O–H groups in total. The molecule has 1 aromatic carbocycles. The topological polar surface area (TPSA) is 49.8 Å². The number of nitrogens with one attached hydrogen (secondary N) is 2. The molecule has 0 amide bonds. The highest BCUT2D eigenvalue weighted by molar-refractivity contribution is 5.59. The van der Waals surface area contributed by atoms with Gasteiger partial charge in [-0.05, 0) is 25.5 Å². The van der Waals surface area contributed by atoms with Crippen molar-refractivity contribution < 1.29 is 8.78 Å². The Kier molecular flexibility index (Phi) is 4.45. The van der Waals surface area contributed by atoms with Gasteiger partial charge in [0.15, 0.2) is 11.6 Å². The molecule has 2 rings (SSSR count). The fraction of sp³-hybridized carbons (Fsp3) is 0.286. The van der Waals surface area contributed by atoms with Crippen LogP contribution in [0.3, 0.4) is 0 Å². The van der Waals surface area contributed by atoms with Gasteiger partial charge in [0.25, 0.3) is 0 Å². The third-order valence-corrected chi connectivity index (χ3v) is 2.69. The van der Waals surface area contributed by atoms with Crippen LogP contribution < -0.4 is 10.6 Å². The molecule has 0 saturated heterocycles. The minimum atomic E-state index is -0.897. The average molecular weight is 278 g/mol. The fourth-order valence-corrected chi connectivity index (χ4v) is 1.60. The van der Waals surface area contributed by atoms with Crippen molar-refractivity contribution in [3.05, 3.63) is 41.6 Å². The highest BCUT2D eigenvalue weighted by Gasteiger charge is 2.06. The maximum absolute atomic E-state index is 13.2. The number of aromatic nitrogens is 2. The third kappa shape index (κ3) is 3.40. The molecule has 0 spiro atoms. The van der Waals surface area contributed by atoms with Crippen molar-refractivity contribution in [1.29, 1.82) is 0 Å². The zero-order valence-electron chi connectivity index (χ0n) is 11.4. The summed E-state index contributed by atoms with van der Waals surface area (Å²) in [7, 11) is 0. The Labute approximate surface area is 116 Å². The maximum atomic E-state index is 13.2. The van der Waals surface area contributed by atoms with Crippen LogP contribution in [-0.2, 0) is 0 Å². The van der Waals surface area contributed by atoms with Crippen molar-refractivity contribution in [2.75, 3.05) is 17.2 Å². The van der Waals surface area contributed by atoms with E-state index in [4.69, 9.17) is 0 Å². The first-order chi connectivity index (χ1) is 9.60. The zero-order valence-corrected chi connectivity index (χ0v) is 11.4. The number of anilines is 3. The summed E-state index contributed by atoms with van der Waals surface area (Å²) in [6.07, 6.45) is 2.64. The van der Waals surface area contributed by atoms with Crippen LogP contribution in [0.15, 0.2) is 24.4 Å². The first kappa shape index (κ1) is 14.2. The van der Waals surface area contributed by atoms with E-state index in [0.717, 1.165) is 30.7 Å². The molecule has 4 nitrogen and oxygen atoms in total. The van der Waals surface area contributed by atoms with E-state index in [0.29, 0.717) is 17.5 Å². The quantitative estimate of drug-likeness (QED) is 0.877. The van der Waals surface area contributed by atoms with Gasteiger partial charge in [-0.3, -0.25) is 0 Å². The van der Waals surface area contributed by atoms with Crippen LogP contribution in [0.2, 0.25) is 0 Å². The summed E-state index contributed by atoms with van der Waals surface area (Å²) in [6, 6.07) is 3.62. The second kappa shape index (κ2) is 6.27. The monoisotopic (exact) mass is 278 g/mol. The first-order valence-electron chi connectivity index (χ1n) is 6.39. The van der Waals surface area contributed by atoms with Gasteiger partial charge in [0.1, 0.15) is 5.82 Å². The van der Waals surface area contributed by atoms with Crippen LogP contribution >= 0.6 is 0 Å². The second-order valence-electron chi connectivity index (χ2n) is 4.41. The normalized spacial score (nSPS) is 10.4. The van der Waals surface area contributed by atoms with Crippen LogP contribution in [-0.4, -0.2) is 16.5 Å². The molecular weight excluding hydrogens is 262 g/mol. The largest absolute Gasteiger partial charge is 0.354 e. The molecule has 0 aliphatic carbocycles. The molecule has 0 bridgehead atoms. The highest BCUT2D eigenvalue weighted by Crippen LogP contribution is 2.20. The maximum Gasteiger partial charge on any atom is 0.224 e. The number of aryl methyl sites for hydroxylation is 1. The molecule has 1 heterocycles. The predicted octanol–water partition coefficient (Wildman–Crippen LogP) is 3.63. The number of nitrogens with zero attached hydrogens (tertiary/aromatic N) is 2. The van der Waals surface area contributed by atoms with Gasteiger partial charge in [-0.2, -0.15) is 4.98 Å². The van der Waals surface area contributed by atoms with Gasteiger partial charge in [0.05, 0.1) is 0 Å². The van der Waals surface area contributed by atoms with Gasteiger partial charge in [0.2, 0.25) is 5.95 Å². The van der Waals surface area contributed by atoms with Gasteiger partial charge in [0, 0.05) is 30.1 Å². The van der Waals surface area contributed by atoms with E-state index in [1.165, 1.54) is 6.07 Å². The summed E-state index contributed by atoms with van der Waals surface area (Å²) in [5, 5.41) is 6.03. The average Bonchev–Trinajstić information content (AvgIpc) is 2.44. The van der Waals surface area contributed by atoms with Crippen molar-refractivity contribution >= 4 is 17.5 Å². The van der Waals surface area contributed by atoms with E-state index >= 15 is 0 Å². The number of hydrogen-bond acceptors (Lipinski definition) is 4. The molecule has 0 radical (unpaired) electrons. The molecule has 0 fully saturated rings. The van der Waals surface area contributed by atoms with Crippen molar-refractivity contribution in [3.63, 3.8) is 0 Å². The van der Waals surface area contributed by atoms with Crippen molar-refractivity contribution in [1.82, 2.24) is 9.97 Å². The van der Waals surface area contributed by atoms with Crippen LogP contribution in [0.1, 0.15) is 18.9 Å². The number of rotatable bonds is 5. The SMILES string of the molecule is CCCNc1ncc(C)c(Nc2ccc(F)c(F)c2)n1. The van der Waals surface area contributed by atoms with E-state index < -0.39 is 11.6 Å². The lowest BCUT2D eigenvalue weighted by molar-refractivity contribution is 0.509. The Bertz CT molecular complexity index is 602. The summed E-state index contributed by atoms with van der Waals surface area (Å²) >= 11 is 0. The molecule has 6 heteroatoms. The lowest BCUT2D eigenvalue weighted by Gasteiger charge is -2.10. The van der Waals surface area contributed by atoms with Gasteiger partial charge in [-0.15, -0.1) is 0 Å². The number of halogens is 2. The summed E-state index contributed by atoms with van der Waals surface area (Å²) in [6.45, 7) is 4.65. The Morgan fingerprint density at radius 2 is 2.00 bits per heavy atom. The number of hydrogen-bond donors (Lipinski definition) is 2. The Morgan fingerprint density at radius 1 is 1.20 bits per heavy atom. The highest BCUT2D eigenvalue weighted by atomic mass is 19.2. The third-order valence-electron chi connectivity index (χ3n) is 2.69.